The Bertz CT molecular complexity index is 759. The van der Waals surface area contributed by atoms with Crippen molar-refractivity contribution in [3.8, 4) is 11.5 Å². The molecule has 132 valence electrons. The van der Waals surface area contributed by atoms with Crippen molar-refractivity contribution < 1.29 is 14.3 Å². The highest BCUT2D eigenvalue weighted by Gasteiger charge is 2.13. The van der Waals surface area contributed by atoms with E-state index in [2.05, 4.69) is 16.7 Å². The van der Waals surface area contributed by atoms with Crippen molar-refractivity contribution in [2.45, 2.75) is 26.8 Å². The van der Waals surface area contributed by atoms with E-state index in [1.54, 1.807) is 18.2 Å². The third-order valence-corrected chi connectivity index (χ3v) is 4.16. The van der Waals surface area contributed by atoms with E-state index in [9.17, 15) is 4.79 Å². The number of nitrogens with one attached hydrogen (secondary N) is 2. The molecule has 5 nitrogen and oxygen atoms in total. The van der Waals surface area contributed by atoms with Crippen LogP contribution in [0.1, 0.15) is 35.3 Å². The van der Waals surface area contributed by atoms with Gasteiger partial charge in [0.05, 0.1) is 13.2 Å². The lowest BCUT2D eigenvalue weighted by Gasteiger charge is -2.18. The molecule has 1 amide bonds. The molecule has 0 aliphatic carbocycles. The molecule has 2 aromatic carbocycles. The summed E-state index contributed by atoms with van der Waals surface area (Å²) in [6, 6.07) is 11.3. The summed E-state index contributed by atoms with van der Waals surface area (Å²) in [5.41, 5.74) is 3.93. The van der Waals surface area contributed by atoms with Crippen LogP contribution in [0.3, 0.4) is 0 Å². The van der Waals surface area contributed by atoms with Crippen LogP contribution in [0.4, 0.5) is 5.69 Å². The second-order valence-corrected chi connectivity index (χ2v) is 5.89. The molecule has 0 aromatic heterocycles. The number of carbonyl (C=O) groups is 1. The molecule has 3 rings (SSSR count). The standard InChI is InChI=1S/C20H24N2O3/c1-3-24-18-8-6-15(12-19(18)25-4-2)20(23)22-17-7-5-14-9-10-21-13-16(14)11-17/h5-8,11-12,21H,3-4,9-10,13H2,1-2H3,(H,22,23). The smallest absolute Gasteiger partial charge is 0.255 e. The van der Waals surface area contributed by atoms with Gasteiger partial charge in [-0.25, -0.2) is 0 Å². The first-order chi connectivity index (χ1) is 12.2. The Labute approximate surface area is 148 Å². The Kier molecular flexibility index (Phi) is 5.56. The number of hydrogen-bond acceptors (Lipinski definition) is 4. The Morgan fingerprint density at radius 2 is 1.84 bits per heavy atom. The van der Waals surface area contributed by atoms with Gasteiger partial charge < -0.3 is 20.1 Å². The van der Waals surface area contributed by atoms with E-state index in [4.69, 9.17) is 9.47 Å². The molecule has 1 aliphatic rings. The second-order valence-electron chi connectivity index (χ2n) is 5.89. The molecule has 0 saturated carbocycles. The number of carbonyl (C=O) groups excluding carboxylic acids is 1. The number of hydrogen-bond donors (Lipinski definition) is 2. The zero-order valence-electron chi connectivity index (χ0n) is 14.7. The van der Waals surface area contributed by atoms with Gasteiger partial charge in [-0.05, 0) is 68.3 Å². The fraction of sp³-hybridized carbons (Fsp3) is 0.350. The van der Waals surface area contributed by atoms with Crippen LogP contribution in [0.2, 0.25) is 0 Å². The van der Waals surface area contributed by atoms with Crippen LogP contribution < -0.4 is 20.1 Å². The lowest BCUT2D eigenvalue weighted by Crippen LogP contribution is -2.23. The summed E-state index contributed by atoms with van der Waals surface area (Å²) in [7, 11) is 0. The fourth-order valence-corrected chi connectivity index (χ4v) is 2.95. The molecular weight excluding hydrogens is 316 g/mol. The molecular formula is C20H24N2O3. The van der Waals surface area contributed by atoms with Gasteiger partial charge in [-0.3, -0.25) is 4.79 Å². The monoisotopic (exact) mass is 340 g/mol. The highest BCUT2D eigenvalue weighted by Crippen LogP contribution is 2.29. The van der Waals surface area contributed by atoms with E-state index in [0.29, 0.717) is 30.3 Å². The highest BCUT2D eigenvalue weighted by atomic mass is 16.5. The van der Waals surface area contributed by atoms with E-state index in [1.807, 2.05) is 26.0 Å². The third-order valence-electron chi connectivity index (χ3n) is 4.16. The predicted molar refractivity (Wildman–Crippen MR) is 98.6 cm³/mol. The zero-order chi connectivity index (χ0) is 17.6. The third kappa shape index (κ3) is 4.12. The van der Waals surface area contributed by atoms with Gasteiger partial charge in [-0.15, -0.1) is 0 Å². The first-order valence-corrected chi connectivity index (χ1v) is 8.74. The number of fused-ring (bicyclic) bond motifs is 1. The van der Waals surface area contributed by atoms with Crippen LogP contribution in [0, 0.1) is 0 Å². The van der Waals surface area contributed by atoms with Gasteiger partial charge in [0.2, 0.25) is 0 Å². The Morgan fingerprint density at radius 3 is 2.64 bits per heavy atom. The lowest BCUT2D eigenvalue weighted by molar-refractivity contribution is 0.102. The topological polar surface area (TPSA) is 59.6 Å². The predicted octanol–water partition coefficient (Wildman–Crippen LogP) is 3.38. The van der Waals surface area contributed by atoms with Gasteiger partial charge in [0.15, 0.2) is 11.5 Å². The molecule has 0 saturated heterocycles. The average Bonchev–Trinajstić information content (AvgIpc) is 2.63. The summed E-state index contributed by atoms with van der Waals surface area (Å²) < 4.78 is 11.1. The summed E-state index contributed by atoms with van der Waals surface area (Å²) in [4.78, 5) is 12.6. The Hall–Kier alpha value is -2.53. The van der Waals surface area contributed by atoms with Gasteiger partial charge in [0.1, 0.15) is 0 Å². The summed E-state index contributed by atoms with van der Waals surface area (Å²) >= 11 is 0. The molecule has 0 atom stereocenters. The van der Waals surface area contributed by atoms with E-state index in [0.717, 1.165) is 25.2 Å². The van der Waals surface area contributed by atoms with Crippen molar-refractivity contribution in [3.05, 3.63) is 53.1 Å². The van der Waals surface area contributed by atoms with Crippen molar-refractivity contribution in [2.24, 2.45) is 0 Å². The van der Waals surface area contributed by atoms with Gasteiger partial charge >= 0.3 is 0 Å². The molecule has 25 heavy (non-hydrogen) atoms. The minimum absolute atomic E-state index is 0.160. The van der Waals surface area contributed by atoms with Crippen molar-refractivity contribution in [3.63, 3.8) is 0 Å². The van der Waals surface area contributed by atoms with Crippen molar-refractivity contribution in [2.75, 3.05) is 25.1 Å². The minimum Gasteiger partial charge on any atom is -0.490 e. The average molecular weight is 340 g/mol. The van der Waals surface area contributed by atoms with Crippen LogP contribution >= 0.6 is 0 Å². The molecule has 2 N–H and O–H groups in total. The summed E-state index contributed by atoms with van der Waals surface area (Å²) in [6.07, 6.45) is 1.03. The maximum atomic E-state index is 12.6. The largest absolute Gasteiger partial charge is 0.490 e. The number of rotatable bonds is 6. The number of amides is 1. The fourth-order valence-electron chi connectivity index (χ4n) is 2.95. The van der Waals surface area contributed by atoms with Crippen LogP contribution in [-0.4, -0.2) is 25.7 Å². The van der Waals surface area contributed by atoms with Crippen LogP contribution in [0.15, 0.2) is 36.4 Å². The number of ether oxygens (including phenoxy) is 2. The zero-order valence-corrected chi connectivity index (χ0v) is 14.7. The van der Waals surface area contributed by atoms with E-state index in [1.165, 1.54) is 11.1 Å². The van der Waals surface area contributed by atoms with Gasteiger partial charge in [-0.1, -0.05) is 6.07 Å². The lowest BCUT2D eigenvalue weighted by atomic mass is 10.0. The normalized spacial score (nSPS) is 13.0. The van der Waals surface area contributed by atoms with Crippen LogP contribution in [0.25, 0.3) is 0 Å². The number of benzene rings is 2. The van der Waals surface area contributed by atoms with E-state index in [-0.39, 0.29) is 5.91 Å². The molecule has 1 heterocycles. The first kappa shape index (κ1) is 17.3. The highest BCUT2D eigenvalue weighted by molar-refractivity contribution is 6.04. The molecule has 0 fully saturated rings. The Balaban J connectivity index is 1.77. The molecule has 0 radical (unpaired) electrons. The van der Waals surface area contributed by atoms with Crippen molar-refractivity contribution in [1.82, 2.24) is 5.32 Å². The van der Waals surface area contributed by atoms with Crippen LogP contribution in [-0.2, 0) is 13.0 Å². The molecule has 5 heteroatoms. The SMILES string of the molecule is CCOc1ccc(C(=O)Nc2ccc3c(c2)CNCC3)cc1OCC. The molecule has 0 unspecified atom stereocenters. The molecule has 1 aliphatic heterocycles. The van der Waals surface area contributed by atoms with Gasteiger partial charge in [-0.2, -0.15) is 0 Å². The maximum Gasteiger partial charge on any atom is 0.255 e. The quantitative estimate of drug-likeness (QED) is 0.846. The van der Waals surface area contributed by atoms with Crippen molar-refractivity contribution >= 4 is 11.6 Å². The minimum atomic E-state index is -0.160. The second kappa shape index (κ2) is 8.03. The molecule has 0 spiro atoms. The van der Waals surface area contributed by atoms with Gasteiger partial charge in [0.25, 0.3) is 5.91 Å². The van der Waals surface area contributed by atoms with E-state index < -0.39 is 0 Å². The summed E-state index contributed by atoms with van der Waals surface area (Å²) in [6.45, 7) is 6.74. The number of anilines is 1. The van der Waals surface area contributed by atoms with Crippen molar-refractivity contribution in [1.29, 1.82) is 0 Å². The van der Waals surface area contributed by atoms with E-state index >= 15 is 0 Å². The summed E-state index contributed by atoms with van der Waals surface area (Å²) in [5, 5.41) is 6.32. The molecule has 0 bridgehead atoms. The summed E-state index contributed by atoms with van der Waals surface area (Å²) in [5.74, 6) is 1.08. The maximum absolute atomic E-state index is 12.6. The first-order valence-electron chi connectivity index (χ1n) is 8.74. The van der Waals surface area contributed by atoms with Gasteiger partial charge in [0, 0.05) is 17.8 Å². The molecule has 2 aromatic rings. The Morgan fingerprint density at radius 1 is 1.04 bits per heavy atom. The van der Waals surface area contributed by atoms with Crippen LogP contribution in [0.5, 0.6) is 11.5 Å².